The van der Waals surface area contributed by atoms with Crippen LogP contribution in [0.25, 0.3) is 0 Å². The molecule has 1 heterocycles. The van der Waals surface area contributed by atoms with Gasteiger partial charge in [0.05, 0.1) is 22.1 Å². The van der Waals surface area contributed by atoms with Crippen LogP contribution in [0.5, 0.6) is 5.75 Å². The second-order valence-corrected chi connectivity index (χ2v) is 9.59. The van der Waals surface area contributed by atoms with Crippen LogP contribution in [0, 0.1) is 0 Å². The number of hydrogen-bond acceptors (Lipinski definition) is 6. The van der Waals surface area contributed by atoms with Crippen molar-refractivity contribution in [3.8, 4) is 5.75 Å². The van der Waals surface area contributed by atoms with Crippen molar-refractivity contribution in [1.82, 2.24) is 4.98 Å². The topological polar surface area (TPSA) is 97.4 Å². The van der Waals surface area contributed by atoms with E-state index < -0.39 is 26.8 Å². The van der Waals surface area contributed by atoms with Gasteiger partial charge in [0.2, 0.25) is 5.91 Å². The van der Waals surface area contributed by atoms with Crippen molar-refractivity contribution >= 4 is 49.7 Å². The van der Waals surface area contributed by atoms with Crippen molar-refractivity contribution in [3.63, 3.8) is 0 Å². The fourth-order valence-electron chi connectivity index (χ4n) is 2.62. The number of amides is 1. The molecule has 176 valence electrons. The Morgan fingerprint density at radius 3 is 2.52 bits per heavy atom. The molecule has 0 atom stereocenters. The van der Waals surface area contributed by atoms with E-state index in [2.05, 4.69) is 15.0 Å². The van der Waals surface area contributed by atoms with Gasteiger partial charge in [0.25, 0.3) is 10.0 Å². The normalized spacial score (nSPS) is 11.8. The number of hydrogen-bond donors (Lipinski definition) is 2. The van der Waals surface area contributed by atoms with Crippen LogP contribution >= 0.6 is 22.9 Å². The number of carbonyl (C=O) groups excluding carboxylic acids is 1. The van der Waals surface area contributed by atoms with Gasteiger partial charge in [-0.05, 0) is 48.9 Å². The van der Waals surface area contributed by atoms with Crippen molar-refractivity contribution in [3.05, 3.63) is 64.6 Å². The molecule has 3 aromatic rings. The highest BCUT2D eigenvalue weighted by Gasteiger charge is 2.33. The maximum Gasteiger partial charge on any atom is 0.417 e. The lowest BCUT2D eigenvalue weighted by Crippen LogP contribution is -2.14. The summed E-state index contributed by atoms with van der Waals surface area (Å²) in [5, 5.41) is 4.07. The third-order valence-corrected chi connectivity index (χ3v) is 6.66. The smallest absolute Gasteiger partial charge is 0.417 e. The molecule has 1 amide bonds. The molecule has 0 spiro atoms. The van der Waals surface area contributed by atoms with E-state index in [9.17, 15) is 26.4 Å². The Bertz CT molecular complexity index is 1200. The molecule has 0 bridgehead atoms. The second-order valence-electron chi connectivity index (χ2n) is 6.61. The van der Waals surface area contributed by atoms with E-state index in [1.54, 1.807) is 5.38 Å². The molecule has 0 unspecified atom stereocenters. The first kappa shape index (κ1) is 24.8. The third-order valence-electron chi connectivity index (χ3n) is 4.16. The number of thiazole rings is 1. The number of sulfonamides is 1. The van der Waals surface area contributed by atoms with E-state index in [4.69, 9.17) is 16.3 Å². The maximum absolute atomic E-state index is 12.9. The molecule has 1 aromatic heterocycles. The fourth-order valence-corrected chi connectivity index (χ4v) is 4.64. The summed E-state index contributed by atoms with van der Waals surface area (Å²) in [7, 11) is -3.80. The predicted molar refractivity (Wildman–Crippen MR) is 119 cm³/mol. The molecule has 0 aliphatic rings. The van der Waals surface area contributed by atoms with E-state index >= 15 is 0 Å². The first-order valence-corrected chi connectivity index (χ1v) is 12.1. The first-order valence-electron chi connectivity index (χ1n) is 9.36. The van der Waals surface area contributed by atoms with Crippen molar-refractivity contribution in [1.29, 1.82) is 0 Å². The standard InChI is InChI=1S/C20H17ClF3N3O4S2/c21-17-8-5-14(12-16(17)20(22,23)24)31-10-1-2-18(28)26-13-3-6-15(7-4-13)33(29,30)27-19-25-9-11-32-19/h3-9,11-12H,1-2,10H2,(H,25,27)(H,26,28). The highest BCUT2D eigenvalue weighted by atomic mass is 35.5. The fraction of sp³-hybridized carbons (Fsp3) is 0.200. The molecule has 0 radical (unpaired) electrons. The van der Waals surface area contributed by atoms with Crippen LogP contribution in [0.15, 0.2) is 58.9 Å². The molecule has 33 heavy (non-hydrogen) atoms. The van der Waals surface area contributed by atoms with E-state index in [0.29, 0.717) is 5.69 Å². The van der Waals surface area contributed by atoms with Gasteiger partial charge in [-0.25, -0.2) is 13.4 Å². The number of ether oxygens (including phenoxy) is 1. The zero-order chi connectivity index (χ0) is 24.1. The summed E-state index contributed by atoms with van der Waals surface area (Å²) in [5.41, 5.74) is -0.603. The summed E-state index contributed by atoms with van der Waals surface area (Å²) >= 11 is 6.70. The third kappa shape index (κ3) is 7.07. The Morgan fingerprint density at radius 2 is 1.88 bits per heavy atom. The highest BCUT2D eigenvalue weighted by Crippen LogP contribution is 2.36. The number of benzene rings is 2. The van der Waals surface area contributed by atoms with Crippen molar-refractivity contribution in [2.24, 2.45) is 0 Å². The summed E-state index contributed by atoms with van der Waals surface area (Å²) in [6.07, 6.45) is -2.82. The minimum atomic E-state index is -4.60. The van der Waals surface area contributed by atoms with E-state index in [0.717, 1.165) is 23.5 Å². The first-order chi connectivity index (χ1) is 15.5. The maximum atomic E-state index is 12.9. The number of nitrogens with zero attached hydrogens (tertiary/aromatic N) is 1. The van der Waals surface area contributed by atoms with Crippen LogP contribution in [0.2, 0.25) is 5.02 Å². The molecule has 13 heteroatoms. The van der Waals surface area contributed by atoms with E-state index in [1.165, 1.54) is 36.5 Å². The van der Waals surface area contributed by atoms with Crippen LogP contribution in [0.1, 0.15) is 18.4 Å². The van der Waals surface area contributed by atoms with Gasteiger partial charge >= 0.3 is 6.18 Å². The van der Waals surface area contributed by atoms with Gasteiger partial charge in [-0.2, -0.15) is 13.2 Å². The SMILES string of the molecule is O=C(CCCOc1ccc(Cl)c(C(F)(F)F)c1)Nc1ccc(S(=O)(=O)Nc2nccs2)cc1. The minimum absolute atomic E-state index is 0.00436. The van der Waals surface area contributed by atoms with E-state index in [-0.39, 0.29) is 41.1 Å². The van der Waals surface area contributed by atoms with Crippen LogP contribution in [-0.2, 0) is 21.0 Å². The van der Waals surface area contributed by atoms with Gasteiger partial charge in [0.1, 0.15) is 5.75 Å². The average molecular weight is 520 g/mol. The molecule has 2 aromatic carbocycles. The van der Waals surface area contributed by atoms with Gasteiger partial charge < -0.3 is 10.1 Å². The molecular formula is C20H17ClF3N3O4S2. The summed E-state index contributed by atoms with van der Waals surface area (Å²) in [4.78, 5) is 15.9. The summed E-state index contributed by atoms with van der Waals surface area (Å²) < 4.78 is 70.8. The van der Waals surface area contributed by atoms with Crippen LogP contribution in [0.4, 0.5) is 24.0 Å². The quantitative estimate of drug-likeness (QED) is 0.368. The average Bonchev–Trinajstić information content (AvgIpc) is 3.24. The Balaban J connectivity index is 1.47. The number of aromatic nitrogens is 1. The molecule has 2 N–H and O–H groups in total. The van der Waals surface area contributed by atoms with E-state index in [1.807, 2.05) is 0 Å². The van der Waals surface area contributed by atoms with Crippen LogP contribution in [-0.4, -0.2) is 25.9 Å². The van der Waals surface area contributed by atoms with Crippen LogP contribution < -0.4 is 14.8 Å². The molecule has 3 rings (SSSR count). The van der Waals surface area contributed by atoms with Gasteiger partial charge in [0, 0.05) is 23.7 Å². The van der Waals surface area contributed by atoms with Gasteiger partial charge in [-0.1, -0.05) is 11.6 Å². The van der Waals surface area contributed by atoms with Crippen molar-refractivity contribution < 1.29 is 31.1 Å². The largest absolute Gasteiger partial charge is 0.494 e. The predicted octanol–water partition coefficient (Wildman–Crippen LogP) is 5.41. The van der Waals surface area contributed by atoms with Crippen molar-refractivity contribution in [2.75, 3.05) is 16.6 Å². The highest BCUT2D eigenvalue weighted by molar-refractivity contribution is 7.93. The lowest BCUT2D eigenvalue weighted by Gasteiger charge is -2.12. The number of anilines is 2. The molecule has 0 saturated heterocycles. The lowest BCUT2D eigenvalue weighted by molar-refractivity contribution is -0.137. The Morgan fingerprint density at radius 1 is 1.15 bits per heavy atom. The zero-order valence-electron chi connectivity index (χ0n) is 16.7. The zero-order valence-corrected chi connectivity index (χ0v) is 19.1. The number of carbonyl (C=O) groups is 1. The van der Waals surface area contributed by atoms with Crippen molar-refractivity contribution in [2.45, 2.75) is 23.9 Å². The Labute approximate surface area is 196 Å². The number of halogens is 4. The molecule has 0 aliphatic heterocycles. The summed E-state index contributed by atoms with van der Waals surface area (Å²) in [6.45, 7) is 0.0198. The summed E-state index contributed by atoms with van der Waals surface area (Å²) in [6, 6.07) is 8.79. The molecule has 7 nitrogen and oxygen atoms in total. The molecule has 0 fully saturated rings. The molecule has 0 aliphatic carbocycles. The number of alkyl halides is 3. The minimum Gasteiger partial charge on any atom is -0.494 e. The molecule has 0 saturated carbocycles. The lowest BCUT2D eigenvalue weighted by atomic mass is 10.2. The Kier molecular flexibility index (Phi) is 7.82. The van der Waals surface area contributed by atoms with Gasteiger partial charge in [-0.3, -0.25) is 9.52 Å². The monoisotopic (exact) mass is 519 g/mol. The van der Waals surface area contributed by atoms with Gasteiger partial charge in [-0.15, -0.1) is 11.3 Å². The van der Waals surface area contributed by atoms with Crippen LogP contribution in [0.3, 0.4) is 0 Å². The Hall–Kier alpha value is -2.83. The van der Waals surface area contributed by atoms with Gasteiger partial charge in [0.15, 0.2) is 5.13 Å². The number of nitrogens with one attached hydrogen (secondary N) is 2. The number of rotatable bonds is 9. The molecular weight excluding hydrogens is 503 g/mol. The summed E-state index contributed by atoms with van der Waals surface area (Å²) in [5.74, 6) is -0.363. The second kappa shape index (κ2) is 10.4.